The highest BCUT2D eigenvalue weighted by Crippen LogP contribution is 2.10. The van der Waals surface area contributed by atoms with E-state index in [1.165, 1.54) is 19.3 Å². The molecule has 1 atom stereocenters. The van der Waals surface area contributed by atoms with Crippen molar-refractivity contribution in [3.05, 3.63) is 12.7 Å². The highest BCUT2D eigenvalue weighted by molar-refractivity contribution is 5.48. The molecule has 1 radical (unpaired) electrons. The number of carbonyl (C=O) groups excluding carboxylic acids is 1. The Labute approximate surface area is 73.4 Å². The number of likely N-dealkylation sites (tertiary alicyclic amines) is 1. The molecule has 0 spiro atoms. The first-order valence-electron chi connectivity index (χ1n) is 4.38. The van der Waals surface area contributed by atoms with Crippen LogP contribution in [0.4, 0.5) is 0 Å². The zero-order valence-corrected chi connectivity index (χ0v) is 7.25. The van der Waals surface area contributed by atoms with Crippen LogP contribution in [0.3, 0.4) is 0 Å². The Morgan fingerprint density at radius 1 is 1.42 bits per heavy atom. The minimum atomic E-state index is -0.0252. The Bertz CT molecular complexity index is 153. The lowest BCUT2D eigenvalue weighted by Gasteiger charge is -2.31. The van der Waals surface area contributed by atoms with Crippen LogP contribution in [-0.4, -0.2) is 30.6 Å². The maximum absolute atomic E-state index is 10.1. The standard InChI is InChI=1S/C9H15N2O/c1-2-9(10-8-12)11-6-4-3-5-7-11/h2,9H,1,3-7H2,(H,10,12). The molecule has 1 N–H and O–H groups in total. The van der Waals surface area contributed by atoms with Gasteiger partial charge in [0.25, 0.3) is 0 Å². The van der Waals surface area contributed by atoms with Crippen molar-refractivity contribution >= 4 is 6.41 Å². The van der Waals surface area contributed by atoms with E-state index in [4.69, 9.17) is 0 Å². The molecule has 0 saturated carbocycles. The van der Waals surface area contributed by atoms with Crippen LogP contribution < -0.4 is 5.32 Å². The summed E-state index contributed by atoms with van der Waals surface area (Å²) in [4.78, 5) is 12.3. The summed E-state index contributed by atoms with van der Waals surface area (Å²) in [6, 6.07) is 0. The predicted octanol–water partition coefficient (Wildman–Crippen LogP) is 0.641. The van der Waals surface area contributed by atoms with Gasteiger partial charge in [-0.1, -0.05) is 19.1 Å². The molecule has 1 fully saturated rings. The molecule has 1 amide bonds. The molecule has 1 rings (SSSR count). The molecule has 0 aromatic heterocycles. The fourth-order valence-corrected chi connectivity index (χ4v) is 1.56. The van der Waals surface area contributed by atoms with Crippen LogP contribution in [0.25, 0.3) is 0 Å². The summed E-state index contributed by atoms with van der Waals surface area (Å²) in [6.07, 6.45) is 7.15. The van der Waals surface area contributed by atoms with Gasteiger partial charge in [0.2, 0.25) is 0 Å². The van der Waals surface area contributed by atoms with Crippen LogP contribution in [0.1, 0.15) is 19.3 Å². The predicted molar refractivity (Wildman–Crippen MR) is 48.2 cm³/mol. The van der Waals surface area contributed by atoms with Gasteiger partial charge in [-0.15, -0.1) is 0 Å². The number of piperidine rings is 1. The molecule has 0 aromatic carbocycles. The molecular weight excluding hydrogens is 152 g/mol. The average molecular weight is 167 g/mol. The van der Waals surface area contributed by atoms with E-state index in [0.29, 0.717) is 0 Å². The van der Waals surface area contributed by atoms with E-state index in [9.17, 15) is 4.79 Å². The van der Waals surface area contributed by atoms with Crippen molar-refractivity contribution in [3.8, 4) is 0 Å². The van der Waals surface area contributed by atoms with Crippen molar-refractivity contribution in [2.24, 2.45) is 0 Å². The van der Waals surface area contributed by atoms with Crippen molar-refractivity contribution in [1.82, 2.24) is 10.2 Å². The molecule has 3 nitrogen and oxygen atoms in total. The van der Waals surface area contributed by atoms with Crippen molar-refractivity contribution in [2.45, 2.75) is 25.4 Å². The zero-order valence-electron chi connectivity index (χ0n) is 7.25. The molecule has 3 heteroatoms. The SMILES string of the molecule is C=CC(N[C]=O)N1CCCCC1. The zero-order chi connectivity index (χ0) is 8.81. The number of nitrogens with one attached hydrogen (secondary N) is 1. The van der Waals surface area contributed by atoms with Crippen molar-refractivity contribution in [1.29, 1.82) is 0 Å². The Hall–Kier alpha value is -0.830. The molecule has 67 valence electrons. The van der Waals surface area contributed by atoms with Crippen LogP contribution in [0.5, 0.6) is 0 Å². The quantitative estimate of drug-likeness (QED) is 0.492. The van der Waals surface area contributed by atoms with Crippen LogP contribution >= 0.6 is 0 Å². The second-order valence-electron chi connectivity index (χ2n) is 3.02. The van der Waals surface area contributed by atoms with Gasteiger partial charge in [0.05, 0.1) is 0 Å². The summed E-state index contributed by atoms with van der Waals surface area (Å²) in [5.41, 5.74) is 0. The largest absolute Gasteiger partial charge is 0.329 e. The maximum Gasteiger partial charge on any atom is 0.310 e. The Kier molecular flexibility index (Phi) is 3.80. The van der Waals surface area contributed by atoms with E-state index in [2.05, 4.69) is 16.8 Å². The van der Waals surface area contributed by atoms with Crippen molar-refractivity contribution < 1.29 is 4.79 Å². The van der Waals surface area contributed by atoms with E-state index in [1.807, 2.05) is 0 Å². The van der Waals surface area contributed by atoms with Crippen molar-refractivity contribution in [3.63, 3.8) is 0 Å². The summed E-state index contributed by atoms with van der Waals surface area (Å²) in [7, 11) is 0. The molecule has 1 aliphatic heterocycles. The Morgan fingerprint density at radius 3 is 2.58 bits per heavy atom. The molecule has 0 bridgehead atoms. The van der Waals surface area contributed by atoms with Crippen molar-refractivity contribution in [2.75, 3.05) is 13.1 Å². The lowest BCUT2D eigenvalue weighted by Crippen LogP contribution is -2.46. The van der Waals surface area contributed by atoms with Gasteiger partial charge in [-0.2, -0.15) is 0 Å². The lowest BCUT2D eigenvalue weighted by molar-refractivity contribution is 0.180. The van der Waals surface area contributed by atoms with E-state index >= 15 is 0 Å². The van der Waals surface area contributed by atoms with Crippen LogP contribution in [-0.2, 0) is 4.79 Å². The number of hydrogen-bond donors (Lipinski definition) is 1. The molecule has 1 saturated heterocycles. The normalized spacial score (nSPS) is 21.3. The molecular formula is C9H15N2O. The topological polar surface area (TPSA) is 32.3 Å². The van der Waals surface area contributed by atoms with E-state index in [0.717, 1.165) is 13.1 Å². The molecule has 1 aliphatic rings. The maximum atomic E-state index is 10.1. The second-order valence-corrected chi connectivity index (χ2v) is 3.02. The first kappa shape index (κ1) is 9.26. The fourth-order valence-electron chi connectivity index (χ4n) is 1.56. The van der Waals surface area contributed by atoms with Gasteiger partial charge in [0.15, 0.2) is 0 Å². The van der Waals surface area contributed by atoms with Crippen LogP contribution in [0.2, 0.25) is 0 Å². The third-order valence-electron chi connectivity index (χ3n) is 2.21. The van der Waals surface area contributed by atoms with E-state index < -0.39 is 0 Å². The van der Waals surface area contributed by atoms with Gasteiger partial charge in [-0.05, 0) is 12.8 Å². The van der Waals surface area contributed by atoms with Gasteiger partial charge in [0.1, 0.15) is 6.17 Å². The summed E-state index contributed by atoms with van der Waals surface area (Å²) in [6.45, 7) is 5.77. The summed E-state index contributed by atoms with van der Waals surface area (Å²) >= 11 is 0. The monoisotopic (exact) mass is 167 g/mol. The Balaban J connectivity index is 2.39. The fraction of sp³-hybridized carbons (Fsp3) is 0.667. The summed E-state index contributed by atoms with van der Waals surface area (Å²) < 4.78 is 0. The molecule has 12 heavy (non-hydrogen) atoms. The van der Waals surface area contributed by atoms with Gasteiger partial charge in [-0.25, -0.2) is 0 Å². The highest BCUT2D eigenvalue weighted by Gasteiger charge is 2.16. The highest BCUT2D eigenvalue weighted by atomic mass is 16.1. The number of amides is 1. The number of nitrogens with zero attached hydrogens (tertiary/aromatic N) is 1. The number of hydrogen-bond acceptors (Lipinski definition) is 2. The summed E-state index contributed by atoms with van der Waals surface area (Å²) in [5.74, 6) is 0. The first-order valence-corrected chi connectivity index (χ1v) is 4.38. The molecule has 1 unspecified atom stereocenters. The van der Waals surface area contributed by atoms with Crippen LogP contribution in [0, 0.1) is 0 Å². The molecule has 0 aromatic rings. The minimum absolute atomic E-state index is 0.0252. The first-order chi connectivity index (χ1) is 5.88. The van der Waals surface area contributed by atoms with Gasteiger partial charge in [-0.3, -0.25) is 9.69 Å². The van der Waals surface area contributed by atoms with E-state index in [1.54, 1.807) is 12.5 Å². The Morgan fingerprint density at radius 2 is 2.08 bits per heavy atom. The van der Waals surface area contributed by atoms with Crippen LogP contribution in [0.15, 0.2) is 12.7 Å². The third kappa shape index (κ3) is 2.34. The summed E-state index contributed by atoms with van der Waals surface area (Å²) in [5, 5.41) is 2.60. The average Bonchev–Trinajstić information content (AvgIpc) is 2.15. The molecule has 1 heterocycles. The smallest absolute Gasteiger partial charge is 0.310 e. The third-order valence-corrected chi connectivity index (χ3v) is 2.21. The number of rotatable bonds is 4. The lowest BCUT2D eigenvalue weighted by atomic mass is 10.1. The van der Waals surface area contributed by atoms with Gasteiger partial charge < -0.3 is 5.32 Å². The molecule has 0 aliphatic carbocycles. The van der Waals surface area contributed by atoms with Gasteiger partial charge in [0, 0.05) is 13.1 Å². The van der Waals surface area contributed by atoms with Gasteiger partial charge >= 0.3 is 6.41 Å². The van der Waals surface area contributed by atoms with E-state index in [-0.39, 0.29) is 6.17 Å². The second kappa shape index (κ2) is 4.93. The minimum Gasteiger partial charge on any atom is -0.329 e.